The molecule has 1 aromatic heterocycles. The molecule has 2 aromatic carbocycles. The van der Waals surface area contributed by atoms with Gasteiger partial charge in [0.1, 0.15) is 11.6 Å². The maximum Gasteiger partial charge on any atom is 0.340 e. The first kappa shape index (κ1) is 20.5. The van der Waals surface area contributed by atoms with Crippen LogP contribution in [0.1, 0.15) is 16.1 Å². The van der Waals surface area contributed by atoms with Crippen LogP contribution < -0.4 is 0 Å². The highest BCUT2D eigenvalue weighted by atomic mass is 35.5. The Bertz CT molecular complexity index is 1100. The maximum absolute atomic E-state index is 12.4. The van der Waals surface area contributed by atoms with Crippen molar-refractivity contribution in [3.8, 4) is 10.6 Å². The van der Waals surface area contributed by atoms with Crippen LogP contribution in [0.5, 0.6) is 0 Å². The number of ether oxygens (including phenoxy) is 1. The van der Waals surface area contributed by atoms with Gasteiger partial charge >= 0.3 is 5.97 Å². The molecule has 1 heterocycles. The number of hydrogen-bond donors (Lipinski definition) is 0. The number of carbonyl (C=O) groups is 1. The molecule has 0 saturated carbocycles. The van der Waals surface area contributed by atoms with Gasteiger partial charge in [-0.3, -0.25) is 0 Å². The van der Waals surface area contributed by atoms with E-state index >= 15 is 0 Å². The summed E-state index contributed by atoms with van der Waals surface area (Å²) >= 11 is 7.51. The standard InChI is InChI=1S/C19H17ClN2O4S2/c1-22(2)28(24,25)15-8-9-17(20)16(10-15)19(23)26-11-14-12-27-18(21-14)13-6-4-3-5-7-13/h3-10,12H,11H2,1-2H3. The van der Waals surface area contributed by atoms with Gasteiger partial charge in [0.15, 0.2) is 0 Å². The molecule has 6 nitrogen and oxygen atoms in total. The second kappa shape index (κ2) is 8.40. The number of nitrogens with zero attached hydrogens (tertiary/aromatic N) is 2. The largest absolute Gasteiger partial charge is 0.456 e. The molecule has 0 N–H and O–H groups in total. The van der Waals surface area contributed by atoms with Gasteiger partial charge in [0, 0.05) is 25.0 Å². The number of esters is 1. The van der Waals surface area contributed by atoms with Crippen molar-refractivity contribution in [2.24, 2.45) is 0 Å². The van der Waals surface area contributed by atoms with Crippen LogP contribution in [-0.2, 0) is 21.4 Å². The van der Waals surface area contributed by atoms with Crippen molar-refractivity contribution in [3.05, 3.63) is 70.2 Å². The van der Waals surface area contributed by atoms with E-state index in [1.54, 1.807) is 0 Å². The number of aromatic nitrogens is 1. The number of rotatable bonds is 6. The lowest BCUT2D eigenvalue weighted by molar-refractivity contribution is 0.0468. The second-order valence-electron chi connectivity index (χ2n) is 6.02. The summed E-state index contributed by atoms with van der Waals surface area (Å²) in [4.78, 5) is 16.8. The minimum absolute atomic E-state index is 0.0110. The number of sulfonamides is 1. The Morgan fingerprint density at radius 2 is 1.89 bits per heavy atom. The van der Waals surface area contributed by atoms with Crippen molar-refractivity contribution < 1.29 is 17.9 Å². The Morgan fingerprint density at radius 3 is 2.57 bits per heavy atom. The summed E-state index contributed by atoms with van der Waals surface area (Å²) in [5, 5.41) is 2.75. The summed E-state index contributed by atoms with van der Waals surface area (Å²) in [5.41, 5.74) is 1.57. The zero-order valence-electron chi connectivity index (χ0n) is 15.1. The molecular weight excluding hydrogens is 420 g/mol. The van der Waals surface area contributed by atoms with Gasteiger partial charge in [-0.15, -0.1) is 11.3 Å². The van der Waals surface area contributed by atoms with Gasteiger partial charge in [-0.25, -0.2) is 22.5 Å². The minimum Gasteiger partial charge on any atom is -0.456 e. The SMILES string of the molecule is CN(C)S(=O)(=O)c1ccc(Cl)c(C(=O)OCc2csc(-c3ccccc3)n2)c1. The molecule has 0 aliphatic rings. The smallest absolute Gasteiger partial charge is 0.340 e. The van der Waals surface area contributed by atoms with Crippen LogP contribution in [0.25, 0.3) is 10.6 Å². The number of thiazole rings is 1. The molecule has 3 aromatic rings. The fourth-order valence-electron chi connectivity index (χ4n) is 2.34. The van der Waals surface area contributed by atoms with E-state index in [0.29, 0.717) is 5.69 Å². The van der Waals surface area contributed by atoms with Crippen molar-refractivity contribution in [1.29, 1.82) is 0 Å². The average molecular weight is 437 g/mol. The lowest BCUT2D eigenvalue weighted by Crippen LogP contribution is -2.22. The van der Waals surface area contributed by atoms with Crippen molar-refractivity contribution in [2.45, 2.75) is 11.5 Å². The van der Waals surface area contributed by atoms with Gasteiger partial charge in [-0.1, -0.05) is 41.9 Å². The fraction of sp³-hybridized carbons (Fsp3) is 0.158. The van der Waals surface area contributed by atoms with Crippen LogP contribution in [0.2, 0.25) is 5.02 Å². The molecule has 28 heavy (non-hydrogen) atoms. The molecule has 0 atom stereocenters. The lowest BCUT2D eigenvalue weighted by Gasteiger charge is -2.13. The van der Waals surface area contributed by atoms with Crippen molar-refractivity contribution >= 4 is 38.9 Å². The molecule has 0 saturated heterocycles. The first-order chi connectivity index (χ1) is 13.3. The van der Waals surface area contributed by atoms with Gasteiger partial charge in [0.05, 0.1) is 21.2 Å². The van der Waals surface area contributed by atoms with Crippen LogP contribution in [0.4, 0.5) is 0 Å². The predicted molar refractivity (Wildman–Crippen MR) is 109 cm³/mol. The van der Waals surface area contributed by atoms with E-state index in [2.05, 4.69) is 4.98 Å². The van der Waals surface area contributed by atoms with Crippen LogP contribution in [0.15, 0.2) is 58.8 Å². The Hall–Kier alpha value is -2.26. The summed E-state index contributed by atoms with van der Waals surface area (Å²) in [6.45, 7) is -0.0385. The third-order valence-electron chi connectivity index (χ3n) is 3.86. The van der Waals surface area contributed by atoms with E-state index < -0.39 is 16.0 Å². The molecule has 0 amide bonds. The van der Waals surface area contributed by atoms with Gasteiger partial charge in [0.2, 0.25) is 10.0 Å². The van der Waals surface area contributed by atoms with Crippen molar-refractivity contribution in [1.82, 2.24) is 9.29 Å². The van der Waals surface area contributed by atoms with Crippen molar-refractivity contribution in [2.75, 3.05) is 14.1 Å². The molecule has 0 aliphatic carbocycles. The molecule has 9 heteroatoms. The number of halogens is 1. The second-order valence-corrected chi connectivity index (χ2v) is 9.43. The van der Waals surface area contributed by atoms with E-state index in [-0.39, 0.29) is 22.1 Å². The summed E-state index contributed by atoms with van der Waals surface area (Å²) in [6, 6.07) is 13.6. The Labute approximate surface area is 172 Å². The third-order valence-corrected chi connectivity index (χ3v) is 6.94. The topological polar surface area (TPSA) is 76.6 Å². The molecule has 0 unspecified atom stereocenters. The minimum atomic E-state index is -3.69. The lowest BCUT2D eigenvalue weighted by atomic mass is 10.2. The molecule has 0 fully saturated rings. The zero-order valence-corrected chi connectivity index (χ0v) is 17.5. The first-order valence-electron chi connectivity index (χ1n) is 8.18. The quantitative estimate of drug-likeness (QED) is 0.544. The van der Waals surface area contributed by atoms with Crippen LogP contribution in [0, 0.1) is 0 Å². The van der Waals surface area contributed by atoms with Crippen LogP contribution in [-0.4, -0.2) is 37.8 Å². The zero-order chi connectivity index (χ0) is 20.3. The monoisotopic (exact) mass is 436 g/mol. The summed E-state index contributed by atoms with van der Waals surface area (Å²) < 4.78 is 30.9. The van der Waals surface area contributed by atoms with Gasteiger partial charge in [-0.2, -0.15) is 0 Å². The van der Waals surface area contributed by atoms with Gasteiger partial charge in [0.25, 0.3) is 0 Å². The number of carbonyl (C=O) groups excluding carboxylic acids is 1. The third kappa shape index (κ3) is 4.41. The van der Waals surface area contributed by atoms with Crippen LogP contribution >= 0.6 is 22.9 Å². The Balaban J connectivity index is 1.75. The normalized spacial score (nSPS) is 11.6. The molecule has 0 bridgehead atoms. The highest BCUT2D eigenvalue weighted by molar-refractivity contribution is 7.89. The van der Waals surface area contributed by atoms with E-state index in [0.717, 1.165) is 14.9 Å². The summed E-state index contributed by atoms with van der Waals surface area (Å²) in [6.07, 6.45) is 0. The molecule has 0 spiro atoms. The first-order valence-corrected chi connectivity index (χ1v) is 10.9. The van der Waals surface area contributed by atoms with Gasteiger partial charge in [-0.05, 0) is 18.2 Å². The molecule has 3 rings (SSSR count). The highest BCUT2D eigenvalue weighted by Crippen LogP contribution is 2.25. The van der Waals surface area contributed by atoms with E-state index in [9.17, 15) is 13.2 Å². The maximum atomic E-state index is 12.4. The highest BCUT2D eigenvalue weighted by Gasteiger charge is 2.21. The Morgan fingerprint density at radius 1 is 1.18 bits per heavy atom. The van der Waals surface area contributed by atoms with Crippen molar-refractivity contribution in [3.63, 3.8) is 0 Å². The summed E-state index contributed by atoms with van der Waals surface area (Å²) in [7, 11) is -0.865. The average Bonchev–Trinajstić information content (AvgIpc) is 3.16. The number of hydrogen-bond acceptors (Lipinski definition) is 6. The predicted octanol–water partition coefficient (Wildman–Crippen LogP) is 4.07. The molecule has 0 aliphatic heterocycles. The van der Waals surface area contributed by atoms with E-state index in [1.165, 1.54) is 43.6 Å². The van der Waals surface area contributed by atoms with Gasteiger partial charge < -0.3 is 4.74 Å². The summed E-state index contributed by atoms with van der Waals surface area (Å²) in [5.74, 6) is -0.713. The van der Waals surface area contributed by atoms with E-state index in [1.807, 2.05) is 35.7 Å². The fourth-order valence-corrected chi connectivity index (χ4v) is 4.27. The molecular formula is C19H17ClN2O4S2. The Kier molecular flexibility index (Phi) is 6.14. The molecule has 0 radical (unpaired) electrons. The van der Waals surface area contributed by atoms with Crippen LogP contribution in [0.3, 0.4) is 0 Å². The molecule has 146 valence electrons. The number of benzene rings is 2. The van der Waals surface area contributed by atoms with E-state index in [4.69, 9.17) is 16.3 Å².